The first-order valence-corrected chi connectivity index (χ1v) is 7.56. The first-order chi connectivity index (χ1) is 11.2. The second-order valence-electron chi connectivity index (χ2n) is 6.47. The topological polar surface area (TPSA) is 101 Å². The van der Waals surface area contributed by atoms with Crippen LogP contribution < -0.4 is 5.32 Å². The molecule has 0 aliphatic carbocycles. The maximum atomic E-state index is 12.0. The fourth-order valence-corrected chi connectivity index (χ4v) is 2.34. The van der Waals surface area contributed by atoms with Crippen molar-refractivity contribution in [3.05, 3.63) is 30.0 Å². The van der Waals surface area contributed by atoms with Crippen molar-refractivity contribution in [1.29, 1.82) is 0 Å². The normalized spacial score (nSPS) is 12.7. The molecule has 0 aliphatic heterocycles. The maximum absolute atomic E-state index is 12.0. The van der Waals surface area contributed by atoms with Crippen molar-refractivity contribution >= 4 is 23.0 Å². The number of rotatable bonds is 4. The summed E-state index contributed by atoms with van der Waals surface area (Å²) in [4.78, 5) is 27.0. The number of benzene rings is 1. The van der Waals surface area contributed by atoms with Crippen LogP contribution in [0.1, 0.15) is 26.3 Å². The minimum absolute atomic E-state index is 0.123. The van der Waals surface area contributed by atoms with Crippen LogP contribution in [0, 0.1) is 0 Å². The number of carbonyl (C=O) groups is 2. The van der Waals surface area contributed by atoms with Crippen LogP contribution >= 0.6 is 0 Å². The lowest BCUT2D eigenvalue weighted by molar-refractivity contribution is -0.143. The van der Waals surface area contributed by atoms with E-state index in [0.717, 1.165) is 16.5 Å². The molecule has 0 aliphatic rings. The number of amides is 1. The zero-order valence-corrected chi connectivity index (χ0v) is 14.2. The molecule has 7 heteroatoms. The Balaban J connectivity index is 2.20. The number of aromatic amines is 1. The van der Waals surface area contributed by atoms with Crippen molar-refractivity contribution in [2.45, 2.75) is 38.8 Å². The van der Waals surface area contributed by atoms with Gasteiger partial charge in [0.1, 0.15) is 17.4 Å². The predicted octanol–water partition coefficient (Wildman–Crippen LogP) is 2.48. The number of carbonyl (C=O) groups excluding carboxylic acids is 2. The average molecular weight is 334 g/mol. The third-order valence-corrected chi connectivity index (χ3v) is 3.35. The molecule has 1 aromatic heterocycles. The molecule has 130 valence electrons. The standard InChI is InChI=1S/C17H22N2O5/c1-17(2,3)24-16(22)19-14(15(21)23-4)7-10-9-18-13-6-5-11(20)8-12(10)13/h5-6,8-9,14,18,20H,7H2,1-4H3,(H,19,22)/t14-/m1/s1. The molecule has 0 saturated carbocycles. The Morgan fingerprint density at radius 3 is 2.67 bits per heavy atom. The van der Waals surface area contributed by atoms with E-state index < -0.39 is 23.7 Å². The summed E-state index contributed by atoms with van der Waals surface area (Å²) < 4.78 is 9.94. The summed E-state index contributed by atoms with van der Waals surface area (Å²) in [7, 11) is 1.26. The summed E-state index contributed by atoms with van der Waals surface area (Å²) in [5.74, 6) is -0.451. The van der Waals surface area contributed by atoms with Crippen LogP contribution in [0.4, 0.5) is 4.79 Å². The van der Waals surface area contributed by atoms with Crippen LogP contribution in [0.15, 0.2) is 24.4 Å². The molecule has 1 amide bonds. The maximum Gasteiger partial charge on any atom is 0.408 e. The van der Waals surface area contributed by atoms with E-state index in [-0.39, 0.29) is 12.2 Å². The number of aromatic hydroxyl groups is 1. The molecule has 7 nitrogen and oxygen atoms in total. The van der Waals surface area contributed by atoms with Crippen molar-refractivity contribution in [2.24, 2.45) is 0 Å². The number of fused-ring (bicyclic) bond motifs is 1. The van der Waals surface area contributed by atoms with E-state index in [0.29, 0.717) is 0 Å². The lowest BCUT2D eigenvalue weighted by Gasteiger charge is -2.22. The summed E-state index contributed by atoms with van der Waals surface area (Å²) >= 11 is 0. The lowest BCUT2D eigenvalue weighted by atomic mass is 10.0. The smallest absolute Gasteiger partial charge is 0.408 e. The third-order valence-electron chi connectivity index (χ3n) is 3.35. The summed E-state index contributed by atoms with van der Waals surface area (Å²) in [6.45, 7) is 5.21. The van der Waals surface area contributed by atoms with Crippen molar-refractivity contribution in [3.8, 4) is 5.75 Å². The van der Waals surface area contributed by atoms with E-state index in [1.54, 1.807) is 45.2 Å². The molecule has 2 rings (SSSR count). The van der Waals surface area contributed by atoms with Gasteiger partial charge in [0.2, 0.25) is 0 Å². The summed E-state index contributed by atoms with van der Waals surface area (Å²) in [6.07, 6.45) is 1.24. The minimum Gasteiger partial charge on any atom is -0.508 e. The summed E-state index contributed by atoms with van der Waals surface area (Å²) in [5.41, 5.74) is 0.924. The Hall–Kier alpha value is -2.70. The van der Waals surface area contributed by atoms with E-state index >= 15 is 0 Å². The average Bonchev–Trinajstić information content (AvgIpc) is 2.86. The fraction of sp³-hybridized carbons (Fsp3) is 0.412. The van der Waals surface area contributed by atoms with Gasteiger partial charge < -0.3 is 24.9 Å². The molecule has 1 aromatic carbocycles. The van der Waals surface area contributed by atoms with Gasteiger partial charge in [-0.2, -0.15) is 0 Å². The molecular formula is C17H22N2O5. The quantitative estimate of drug-likeness (QED) is 0.746. The zero-order valence-electron chi connectivity index (χ0n) is 14.2. The predicted molar refractivity (Wildman–Crippen MR) is 88.8 cm³/mol. The van der Waals surface area contributed by atoms with E-state index in [2.05, 4.69) is 10.3 Å². The molecular weight excluding hydrogens is 312 g/mol. The number of phenolic OH excluding ortho intramolecular Hbond substituents is 1. The van der Waals surface area contributed by atoms with E-state index in [1.165, 1.54) is 7.11 Å². The monoisotopic (exact) mass is 334 g/mol. The van der Waals surface area contributed by atoms with Gasteiger partial charge in [-0.25, -0.2) is 9.59 Å². The number of esters is 1. The van der Waals surface area contributed by atoms with Crippen LogP contribution in [-0.4, -0.2) is 40.9 Å². The Bertz CT molecular complexity index is 745. The van der Waals surface area contributed by atoms with Gasteiger partial charge in [-0.3, -0.25) is 0 Å². The molecule has 0 unspecified atom stereocenters. The molecule has 0 radical (unpaired) electrons. The number of ether oxygens (including phenoxy) is 2. The number of alkyl carbamates (subject to hydrolysis) is 1. The van der Waals surface area contributed by atoms with Gasteiger partial charge >= 0.3 is 12.1 Å². The van der Waals surface area contributed by atoms with Crippen molar-refractivity contribution in [1.82, 2.24) is 10.3 Å². The number of nitrogens with one attached hydrogen (secondary N) is 2. The molecule has 1 heterocycles. The Kier molecular flexibility index (Phi) is 5.02. The van der Waals surface area contributed by atoms with Gasteiger partial charge in [0, 0.05) is 23.5 Å². The number of hydrogen-bond donors (Lipinski definition) is 3. The van der Waals surface area contributed by atoms with Crippen LogP contribution in [0.2, 0.25) is 0 Å². The summed E-state index contributed by atoms with van der Waals surface area (Å²) in [5, 5.41) is 12.9. The van der Waals surface area contributed by atoms with Crippen LogP contribution in [0.5, 0.6) is 5.75 Å². The highest BCUT2D eigenvalue weighted by molar-refractivity contribution is 5.87. The largest absolute Gasteiger partial charge is 0.508 e. The fourth-order valence-electron chi connectivity index (χ4n) is 2.34. The SMILES string of the molecule is COC(=O)[C@@H](Cc1c[nH]c2ccc(O)cc12)NC(=O)OC(C)(C)C. The van der Waals surface area contributed by atoms with Crippen LogP contribution in [0.25, 0.3) is 10.9 Å². The number of H-pyrrole nitrogens is 1. The van der Waals surface area contributed by atoms with Crippen molar-refractivity contribution in [3.63, 3.8) is 0 Å². The number of aromatic nitrogens is 1. The van der Waals surface area contributed by atoms with Gasteiger partial charge in [-0.05, 0) is 44.5 Å². The van der Waals surface area contributed by atoms with E-state index in [1.807, 2.05) is 0 Å². The Morgan fingerprint density at radius 2 is 2.04 bits per heavy atom. The second-order valence-corrected chi connectivity index (χ2v) is 6.47. The lowest BCUT2D eigenvalue weighted by Crippen LogP contribution is -2.45. The van der Waals surface area contributed by atoms with Gasteiger partial charge in [-0.1, -0.05) is 0 Å². The number of phenols is 1. The number of methoxy groups -OCH3 is 1. The van der Waals surface area contributed by atoms with Gasteiger partial charge in [0.05, 0.1) is 7.11 Å². The molecule has 1 atom stereocenters. The first kappa shape index (κ1) is 17.7. The molecule has 0 saturated heterocycles. The molecule has 0 spiro atoms. The molecule has 0 bridgehead atoms. The highest BCUT2D eigenvalue weighted by Gasteiger charge is 2.26. The van der Waals surface area contributed by atoms with Crippen LogP contribution in [-0.2, 0) is 20.7 Å². The highest BCUT2D eigenvalue weighted by atomic mass is 16.6. The highest BCUT2D eigenvalue weighted by Crippen LogP contribution is 2.24. The van der Waals surface area contributed by atoms with E-state index in [4.69, 9.17) is 9.47 Å². The van der Waals surface area contributed by atoms with E-state index in [9.17, 15) is 14.7 Å². The molecule has 2 aromatic rings. The third kappa shape index (κ3) is 4.41. The first-order valence-electron chi connectivity index (χ1n) is 7.56. The second kappa shape index (κ2) is 6.82. The Morgan fingerprint density at radius 1 is 1.33 bits per heavy atom. The minimum atomic E-state index is -0.897. The van der Waals surface area contributed by atoms with Gasteiger partial charge in [0.15, 0.2) is 0 Å². The molecule has 24 heavy (non-hydrogen) atoms. The molecule has 0 fully saturated rings. The zero-order chi connectivity index (χ0) is 17.9. The Labute approximate surface area is 140 Å². The van der Waals surface area contributed by atoms with Gasteiger partial charge in [0.25, 0.3) is 0 Å². The van der Waals surface area contributed by atoms with Crippen LogP contribution in [0.3, 0.4) is 0 Å². The van der Waals surface area contributed by atoms with Crippen molar-refractivity contribution < 1.29 is 24.2 Å². The number of hydrogen-bond acceptors (Lipinski definition) is 5. The molecule has 3 N–H and O–H groups in total. The van der Waals surface area contributed by atoms with Gasteiger partial charge in [-0.15, -0.1) is 0 Å². The van der Waals surface area contributed by atoms with Crippen molar-refractivity contribution in [2.75, 3.05) is 7.11 Å². The summed E-state index contributed by atoms with van der Waals surface area (Å²) in [6, 6.07) is 4.01.